The molecule has 1 aliphatic heterocycles. The van der Waals surface area contributed by atoms with Gasteiger partial charge in [0.15, 0.2) is 0 Å². The van der Waals surface area contributed by atoms with E-state index in [4.69, 9.17) is 9.47 Å². The molecule has 1 amide bonds. The van der Waals surface area contributed by atoms with Crippen molar-refractivity contribution in [3.63, 3.8) is 0 Å². The van der Waals surface area contributed by atoms with Crippen LogP contribution in [-0.4, -0.2) is 34.6 Å². The molecule has 4 aromatic rings. The number of hydrogen-bond acceptors (Lipinski definition) is 6. The van der Waals surface area contributed by atoms with E-state index in [0.717, 1.165) is 52.6 Å². The number of aromatic nitrogens is 3. The van der Waals surface area contributed by atoms with Gasteiger partial charge in [0, 0.05) is 23.2 Å². The highest BCUT2D eigenvalue weighted by atomic mass is 32.1. The van der Waals surface area contributed by atoms with Crippen LogP contribution in [0, 0.1) is 0 Å². The predicted octanol–water partition coefficient (Wildman–Crippen LogP) is 4.80. The lowest BCUT2D eigenvalue weighted by molar-refractivity contribution is 0.102. The summed E-state index contributed by atoms with van der Waals surface area (Å²) in [5.74, 6) is 1.38. The van der Waals surface area contributed by atoms with Crippen molar-refractivity contribution in [3.8, 4) is 16.3 Å². The molecule has 0 bridgehead atoms. The van der Waals surface area contributed by atoms with E-state index in [1.54, 1.807) is 12.5 Å². The van der Waals surface area contributed by atoms with Gasteiger partial charge in [-0.3, -0.25) is 4.79 Å². The van der Waals surface area contributed by atoms with Crippen LogP contribution in [0.2, 0.25) is 0 Å². The van der Waals surface area contributed by atoms with Gasteiger partial charge in [0.25, 0.3) is 5.91 Å². The predicted molar refractivity (Wildman–Crippen MR) is 116 cm³/mol. The highest BCUT2D eigenvalue weighted by Gasteiger charge is 2.21. The van der Waals surface area contributed by atoms with Gasteiger partial charge in [-0.15, -0.1) is 11.3 Å². The van der Waals surface area contributed by atoms with Crippen LogP contribution in [0.3, 0.4) is 0 Å². The Balaban J connectivity index is 1.32. The Morgan fingerprint density at radius 3 is 2.87 bits per heavy atom. The number of imidazole rings is 1. The quantitative estimate of drug-likeness (QED) is 0.484. The molecule has 2 aromatic carbocycles. The molecule has 0 saturated carbocycles. The fourth-order valence-corrected chi connectivity index (χ4v) is 4.30. The van der Waals surface area contributed by atoms with Gasteiger partial charge in [0.1, 0.15) is 28.4 Å². The molecule has 5 rings (SSSR count). The minimum atomic E-state index is -0.246. The van der Waals surface area contributed by atoms with Crippen molar-refractivity contribution in [1.29, 1.82) is 0 Å². The zero-order chi connectivity index (χ0) is 20.5. The third-order valence-corrected chi connectivity index (χ3v) is 5.96. The van der Waals surface area contributed by atoms with Gasteiger partial charge in [-0.25, -0.2) is 9.97 Å². The average Bonchev–Trinajstić information content (AvgIpc) is 3.53. The smallest absolute Gasteiger partial charge is 0.275 e. The number of fused-ring (bicyclic) bond motifs is 1. The van der Waals surface area contributed by atoms with E-state index in [1.165, 1.54) is 11.3 Å². The van der Waals surface area contributed by atoms with Gasteiger partial charge >= 0.3 is 0 Å². The van der Waals surface area contributed by atoms with Gasteiger partial charge in [-0.1, -0.05) is 0 Å². The Bertz CT molecular complexity index is 1190. The molecule has 1 saturated heterocycles. The van der Waals surface area contributed by atoms with Crippen molar-refractivity contribution in [3.05, 3.63) is 59.4 Å². The van der Waals surface area contributed by atoms with E-state index in [1.807, 2.05) is 42.5 Å². The first-order valence-electron chi connectivity index (χ1n) is 9.72. The van der Waals surface area contributed by atoms with E-state index in [9.17, 15) is 4.79 Å². The standard InChI is InChI=1S/C22H20N4O3S/c1-28-15-7-4-13(5-8-15)22-26-18(12-30-22)21(27)23-14-6-9-16-17(11-14)25-20(24-16)19-3-2-10-29-19/h4-9,11-12,19H,2-3,10H2,1H3,(H,23,27)(H,24,25). The zero-order valence-corrected chi connectivity index (χ0v) is 17.2. The fourth-order valence-electron chi connectivity index (χ4n) is 3.49. The van der Waals surface area contributed by atoms with Crippen LogP contribution >= 0.6 is 11.3 Å². The van der Waals surface area contributed by atoms with Crippen LogP contribution in [0.5, 0.6) is 5.75 Å². The van der Waals surface area contributed by atoms with E-state index in [2.05, 4.69) is 20.3 Å². The number of amides is 1. The molecule has 0 aliphatic carbocycles. The van der Waals surface area contributed by atoms with Gasteiger partial charge < -0.3 is 19.8 Å². The number of nitrogens with zero attached hydrogens (tertiary/aromatic N) is 2. The molecular weight excluding hydrogens is 400 g/mol. The fraction of sp³-hybridized carbons (Fsp3) is 0.227. The topological polar surface area (TPSA) is 89.1 Å². The summed E-state index contributed by atoms with van der Waals surface area (Å²) in [7, 11) is 1.63. The largest absolute Gasteiger partial charge is 0.497 e. The third kappa shape index (κ3) is 3.67. The van der Waals surface area contributed by atoms with Gasteiger partial charge in [0.2, 0.25) is 0 Å². The van der Waals surface area contributed by atoms with Crippen LogP contribution in [0.1, 0.15) is 35.3 Å². The molecule has 0 spiro atoms. The number of carbonyl (C=O) groups is 1. The van der Waals surface area contributed by atoms with Crippen LogP contribution in [0.4, 0.5) is 5.69 Å². The van der Waals surface area contributed by atoms with Crippen molar-refractivity contribution < 1.29 is 14.3 Å². The number of methoxy groups -OCH3 is 1. The number of thiazole rings is 1. The average molecular weight is 420 g/mol. The van der Waals surface area contributed by atoms with Crippen LogP contribution in [0.15, 0.2) is 47.8 Å². The summed E-state index contributed by atoms with van der Waals surface area (Å²) in [6.07, 6.45) is 2.06. The summed E-state index contributed by atoms with van der Waals surface area (Å²) in [5.41, 5.74) is 3.74. The maximum Gasteiger partial charge on any atom is 0.275 e. The first-order valence-corrected chi connectivity index (χ1v) is 10.6. The van der Waals surface area contributed by atoms with Crippen LogP contribution in [-0.2, 0) is 4.74 Å². The lowest BCUT2D eigenvalue weighted by Crippen LogP contribution is -2.12. The number of rotatable bonds is 5. The van der Waals surface area contributed by atoms with Crippen LogP contribution < -0.4 is 10.1 Å². The number of H-pyrrole nitrogens is 1. The molecular formula is C22H20N4O3S. The minimum absolute atomic E-state index is 0.0295. The van der Waals surface area contributed by atoms with Crippen molar-refractivity contribution in [2.24, 2.45) is 0 Å². The van der Waals surface area contributed by atoms with E-state index in [0.29, 0.717) is 11.4 Å². The van der Waals surface area contributed by atoms with Gasteiger partial charge in [-0.05, 0) is 55.3 Å². The summed E-state index contributed by atoms with van der Waals surface area (Å²) in [4.78, 5) is 25.1. The summed E-state index contributed by atoms with van der Waals surface area (Å²) in [6.45, 7) is 0.773. The molecule has 7 nitrogen and oxygen atoms in total. The van der Waals surface area contributed by atoms with E-state index < -0.39 is 0 Å². The second-order valence-electron chi connectivity index (χ2n) is 7.08. The van der Waals surface area contributed by atoms with E-state index in [-0.39, 0.29) is 12.0 Å². The summed E-state index contributed by atoms with van der Waals surface area (Å²) in [5, 5.41) is 5.47. The maximum absolute atomic E-state index is 12.7. The number of aromatic amines is 1. The Morgan fingerprint density at radius 1 is 1.23 bits per heavy atom. The van der Waals surface area contributed by atoms with Crippen LogP contribution in [0.25, 0.3) is 21.6 Å². The first-order chi connectivity index (χ1) is 14.7. The molecule has 1 unspecified atom stereocenters. The molecule has 8 heteroatoms. The van der Waals surface area contributed by atoms with Crippen molar-refractivity contribution in [2.75, 3.05) is 19.0 Å². The lowest BCUT2D eigenvalue weighted by atomic mass is 10.2. The molecule has 2 N–H and O–H groups in total. The number of anilines is 1. The lowest BCUT2D eigenvalue weighted by Gasteiger charge is -2.04. The van der Waals surface area contributed by atoms with Gasteiger partial charge in [0.05, 0.1) is 18.1 Å². The SMILES string of the molecule is COc1ccc(-c2nc(C(=O)Nc3ccc4nc(C5CCCO5)[nH]c4c3)cs2)cc1. The molecule has 1 fully saturated rings. The Hall–Kier alpha value is -3.23. The highest BCUT2D eigenvalue weighted by Crippen LogP contribution is 2.29. The number of hydrogen-bond donors (Lipinski definition) is 2. The maximum atomic E-state index is 12.7. The zero-order valence-electron chi connectivity index (χ0n) is 16.3. The Morgan fingerprint density at radius 2 is 2.10 bits per heavy atom. The molecule has 1 aliphatic rings. The summed E-state index contributed by atoms with van der Waals surface area (Å²) in [6, 6.07) is 13.2. The molecule has 0 radical (unpaired) electrons. The third-order valence-electron chi connectivity index (χ3n) is 5.07. The van der Waals surface area contributed by atoms with Crippen molar-refractivity contribution in [2.45, 2.75) is 18.9 Å². The van der Waals surface area contributed by atoms with Crippen molar-refractivity contribution in [1.82, 2.24) is 15.0 Å². The normalized spacial score (nSPS) is 16.1. The number of carbonyl (C=O) groups excluding carboxylic acids is 1. The first kappa shape index (κ1) is 18.8. The molecule has 152 valence electrons. The molecule has 1 atom stereocenters. The monoisotopic (exact) mass is 420 g/mol. The second kappa shape index (κ2) is 7.89. The Labute approximate surface area is 177 Å². The van der Waals surface area contributed by atoms with Crippen molar-refractivity contribution >= 4 is 34.0 Å². The Kier molecular flexibility index (Phi) is 4.94. The van der Waals surface area contributed by atoms with E-state index >= 15 is 0 Å². The van der Waals surface area contributed by atoms with Gasteiger partial charge in [-0.2, -0.15) is 0 Å². The molecule has 30 heavy (non-hydrogen) atoms. The minimum Gasteiger partial charge on any atom is -0.497 e. The number of ether oxygens (including phenoxy) is 2. The second-order valence-corrected chi connectivity index (χ2v) is 7.93. The summed E-state index contributed by atoms with van der Waals surface area (Å²) >= 11 is 1.43. The molecule has 2 aromatic heterocycles. The number of nitrogens with one attached hydrogen (secondary N) is 2. The highest BCUT2D eigenvalue weighted by molar-refractivity contribution is 7.13. The summed E-state index contributed by atoms with van der Waals surface area (Å²) < 4.78 is 10.9. The molecule has 3 heterocycles. The number of benzene rings is 2.